The van der Waals surface area contributed by atoms with E-state index in [1.165, 1.54) is 0 Å². The average molecular weight is 272 g/mol. The fourth-order valence-electron chi connectivity index (χ4n) is 1.61. The van der Waals surface area contributed by atoms with E-state index in [-0.39, 0.29) is 18.8 Å². The van der Waals surface area contributed by atoms with Crippen molar-refractivity contribution in [2.75, 3.05) is 19.8 Å². The van der Waals surface area contributed by atoms with Gasteiger partial charge < -0.3 is 19.3 Å². The Bertz CT molecular complexity index is 317. The number of carbonyl (C=O) groups excluding carboxylic acids is 1. The molecule has 1 rings (SSSR count). The van der Waals surface area contributed by atoms with Crippen LogP contribution in [0.1, 0.15) is 26.2 Å². The van der Waals surface area contributed by atoms with Crippen molar-refractivity contribution in [3.8, 4) is 0 Å². The summed E-state index contributed by atoms with van der Waals surface area (Å²) in [7, 11) is 0. The molecule has 1 aliphatic heterocycles. The van der Waals surface area contributed by atoms with E-state index < -0.39 is 18.4 Å². The quantitative estimate of drug-likeness (QED) is 0.428. The number of aliphatic carboxylic acids is 1. The van der Waals surface area contributed by atoms with Crippen LogP contribution in [0.2, 0.25) is 0 Å². The molecule has 1 saturated heterocycles. The monoisotopic (exact) mass is 272 g/mol. The fourth-order valence-corrected chi connectivity index (χ4v) is 1.61. The van der Waals surface area contributed by atoms with Gasteiger partial charge in [0.05, 0.1) is 19.8 Å². The highest BCUT2D eigenvalue weighted by Crippen LogP contribution is 2.15. The van der Waals surface area contributed by atoms with Gasteiger partial charge in [0, 0.05) is 12.3 Å². The van der Waals surface area contributed by atoms with E-state index in [1.54, 1.807) is 0 Å². The molecule has 19 heavy (non-hydrogen) atoms. The Hall–Kier alpha value is -1.40. The summed E-state index contributed by atoms with van der Waals surface area (Å²) in [5.74, 6) is -1.67. The van der Waals surface area contributed by atoms with Crippen LogP contribution in [0.15, 0.2) is 12.2 Å². The molecule has 6 heteroatoms. The first-order valence-electron chi connectivity index (χ1n) is 6.39. The van der Waals surface area contributed by atoms with Crippen LogP contribution in [0.5, 0.6) is 0 Å². The molecule has 0 spiro atoms. The lowest BCUT2D eigenvalue weighted by molar-refractivity contribution is -0.200. The summed E-state index contributed by atoms with van der Waals surface area (Å²) in [5, 5.41) is 8.38. The number of esters is 1. The van der Waals surface area contributed by atoms with Gasteiger partial charge in [-0.15, -0.1) is 0 Å². The maximum atomic E-state index is 11.0. The molecule has 0 aromatic heterocycles. The van der Waals surface area contributed by atoms with Crippen molar-refractivity contribution in [2.45, 2.75) is 32.5 Å². The van der Waals surface area contributed by atoms with Crippen molar-refractivity contribution < 1.29 is 28.9 Å². The van der Waals surface area contributed by atoms with Crippen molar-refractivity contribution in [1.29, 1.82) is 0 Å². The van der Waals surface area contributed by atoms with Crippen molar-refractivity contribution in [1.82, 2.24) is 0 Å². The second-order valence-electron chi connectivity index (χ2n) is 4.27. The molecule has 1 N–H and O–H groups in total. The predicted octanol–water partition coefficient (Wildman–Crippen LogP) is 1.35. The van der Waals surface area contributed by atoms with Gasteiger partial charge in [0.2, 0.25) is 0 Å². The zero-order valence-corrected chi connectivity index (χ0v) is 11.0. The molecule has 0 aliphatic carbocycles. The minimum absolute atomic E-state index is 0.103. The SMILES string of the molecule is CCC=CC1COC(CCOC(=O)CC(=O)O)OC1. The molecular weight excluding hydrogens is 252 g/mol. The number of hydrogen-bond acceptors (Lipinski definition) is 5. The molecule has 0 unspecified atom stereocenters. The van der Waals surface area contributed by atoms with Gasteiger partial charge >= 0.3 is 11.9 Å². The Morgan fingerprint density at radius 3 is 2.63 bits per heavy atom. The van der Waals surface area contributed by atoms with Crippen molar-refractivity contribution >= 4 is 11.9 Å². The lowest BCUT2D eigenvalue weighted by Gasteiger charge is -2.27. The topological polar surface area (TPSA) is 82.1 Å². The number of carboxylic acids is 1. The van der Waals surface area contributed by atoms with Crippen LogP contribution in [0.25, 0.3) is 0 Å². The van der Waals surface area contributed by atoms with Gasteiger partial charge in [0.1, 0.15) is 6.42 Å². The van der Waals surface area contributed by atoms with Crippen LogP contribution in [-0.2, 0) is 23.8 Å². The third-order valence-electron chi connectivity index (χ3n) is 2.55. The lowest BCUT2D eigenvalue weighted by Crippen LogP contribution is -2.32. The molecule has 0 saturated carbocycles. The van der Waals surface area contributed by atoms with E-state index in [0.29, 0.717) is 19.6 Å². The highest BCUT2D eigenvalue weighted by Gasteiger charge is 2.20. The average Bonchev–Trinajstić information content (AvgIpc) is 2.37. The van der Waals surface area contributed by atoms with E-state index >= 15 is 0 Å². The van der Waals surface area contributed by atoms with E-state index in [1.807, 2.05) is 0 Å². The Balaban J connectivity index is 2.11. The summed E-state index contributed by atoms with van der Waals surface area (Å²) >= 11 is 0. The molecule has 0 radical (unpaired) electrons. The predicted molar refractivity (Wildman–Crippen MR) is 66.4 cm³/mol. The minimum Gasteiger partial charge on any atom is -0.481 e. The van der Waals surface area contributed by atoms with Gasteiger partial charge in [-0.05, 0) is 6.42 Å². The van der Waals surface area contributed by atoms with Gasteiger partial charge in [-0.25, -0.2) is 0 Å². The first-order valence-corrected chi connectivity index (χ1v) is 6.39. The summed E-state index contributed by atoms with van der Waals surface area (Å²) < 4.78 is 15.7. The zero-order valence-electron chi connectivity index (χ0n) is 11.0. The summed E-state index contributed by atoms with van der Waals surface area (Å²) in [6, 6.07) is 0. The largest absolute Gasteiger partial charge is 0.481 e. The highest BCUT2D eigenvalue weighted by atomic mass is 16.7. The van der Waals surface area contributed by atoms with Gasteiger partial charge in [-0.2, -0.15) is 0 Å². The number of carboxylic acid groups (broad SMARTS) is 1. The molecule has 0 atom stereocenters. The van der Waals surface area contributed by atoms with Crippen molar-refractivity contribution in [3.63, 3.8) is 0 Å². The van der Waals surface area contributed by atoms with Gasteiger partial charge in [0.25, 0.3) is 0 Å². The van der Waals surface area contributed by atoms with Crippen LogP contribution in [0.3, 0.4) is 0 Å². The molecule has 1 heterocycles. The summed E-state index contributed by atoms with van der Waals surface area (Å²) in [5.41, 5.74) is 0. The second kappa shape index (κ2) is 8.66. The number of hydrogen-bond donors (Lipinski definition) is 1. The Kier molecular flexibility index (Phi) is 7.14. The third kappa shape index (κ3) is 6.93. The summed E-state index contributed by atoms with van der Waals surface area (Å²) in [4.78, 5) is 21.2. The Labute approximate surface area is 112 Å². The van der Waals surface area contributed by atoms with E-state index in [9.17, 15) is 9.59 Å². The molecule has 0 aromatic carbocycles. The standard InChI is InChI=1S/C13H20O6/c1-2-3-4-10-8-18-13(19-9-10)5-6-17-12(16)7-11(14)15/h3-4,10,13H,2,5-9H2,1H3,(H,14,15). The van der Waals surface area contributed by atoms with Crippen molar-refractivity contribution in [3.05, 3.63) is 12.2 Å². The Morgan fingerprint density at radius 2 is 2.05 bits per heavy atom. The summed E-state index contributed by atoms with van der Waals surface area (Å²) in [6.07, 6.45) is 4.55. The van der Waals surface area contributed by atoms with E-state index in [4.69, 9.17) is 19.3 Å². The molecule has 6 nitrogen and oxygen atoms in total. The van der Waals surface area contributed by atoms with Crippen molar-refractivity contribution in [2.24, 2.45) is 5.92 Å². The molecular formula is C13H20O6. The first-order chi connectivity index (χ1) is 9.11. The van der Waals surface area contributed by atoms with E-state index in [0.717, 1.165) is 6.42 Å². The van der Waals surface area contributed by atoms with Crippen LogP contribution in [0, 0.1) is 5.92 Å². The van der Waals surface area contributed by atoms with Crippen LogP contribution < -0.4 is 0 Å². The zero-order chi connectivity index (χ0) is 14.1. The number of rotatable bonds is 7. The molecule has 108 valence electrons. The fraction of sp³-hybridized carbons (Fsp3) is 0.692. The number of allylic oxidation sites excluding steroid dienone is 1. The molecule has 0 aromatic rings. The maximum Gasteiger partial charge on any atom is 0.317 e. The first kappa shape index (κ1) is 15.7. The maximum absolute atomic E-state index is 11.0. The lowest BCUT2D eigenvalue weighted by atomic mass is 10.1. The van der Waals surface area contributed by atoms with E-state index in [2.05, 4.69) is 19.1 Å². The normalized spacial score (nSPS) is 23.4. The minimum atomic E-state index is -1.19. The van der Waals surface area contributed by atoms with Gasteiger partial charge in [0.15, 0.2) is 6.29 Å². The molecule has 0 amide bonds. The molecule has 1 fully saturated rings. The highest BCUT2D eigenvalue weighted by molar-refractivity contribution is 5.90. The van der Waals surface area contributed by atoms with Crippen LogP contribution >= 0.6 is 0 Å². The summed E-state index contributed by atoms with van der Waals surface area (Å²) in [6.45, 7) is 3.34. The number of carbonyl (C=O) groups is 2. The van der Waals surface area contributed by atoms with Gasteiger partial charge in [-0.3, -0.25) is 9.59 Å². The van der Waals surface area contributed by atoms with Gasteiger partial charge in [-0.1, -0.05) is 19.1 Å². The molecule has 1 aliphatic rings. The molecule has 0 bridgehead atoms. The van der Waals surface area contributed by atoms with Crippen LogP contribution in [-0.4, -0.2) is 43.2 Å². The number of ether oxygens (including phenoxy) is 3. The smallest absolute Gasteiger partial charge is 0.317 e. The van der Waals surface area contributed by atoms with Crippen LogP contribution in [0.4, 0.5) is 0 Å². The Morgan fingerprint density at radius 1 is 1.37 bits per heavy atom. The second-order valence-corrected chi connectivity index (χ2v) is 4.27. The third-order valence-corrected chi connectivity index (χ3v) is 2.55.